The molecule has 2 aromatic rings. The first-order valence-electron chi connectivity index (χ1n) is 16.8. The number of nitro groups is 1. The number of nitrogens with two attached hydrogens (primary N) is 1. The molecular formula is C36H47N5O8. The van der Waals surface area contributed by atoms with Crippen LogP contribution in [0.25, 0.3) is 0 Å². The summed E-state index contributed by atoms with van der Waals surface area (Å²) >= 11 is 0. The van der Waals surface area contributed by atoms with E-state index in [0.717, 1.165) is 5.56 Å². The van der Waals surface area contributed by atoms with Crippen LogP contribution in [-0.2, 0) is 34.0 Å². The smallest absolute Gasteiger partial charge is 0.336 e. The third-order valence-corrected chi connectivity index (χ3v) is 9.12. The zero-order valence-corrected chi connectivity index (χ0v) is 28.5. The van der Waals surface area contributed by atoms with E-state index in [2.05, 4.69) is 15.5 Å². The number of esters is 2. The largest absolute Gasteiger partial charge is 0.466 e. The summed E-state index contributed by atoms with van der Waals surface area (Å²) in [7, 11) is 1.27. The SMILES string of the molecule is CCOC(=O)C1(c2ccccc2)CCN(CCCNC(=O)C2=C(COCCN)NC(CC)=C(C(=O)OC)C2c2ccc([N+](=O)[O-])cc2)CC1. The molecule has 0 bridgehead atoms. The van der Waals surface area contributed by atoms with Gasteiger partial charge in [0.05, 0.1) is 60.0 Å². The maximum Gasteiger partial charge on any atom is 0.336 e. The number of hydrogen-bond acceptors (Lipinski definition) is 11. The molecule has 0 saturated carbocycles. The Labute approximate surface area is 287 Å². The van der Waals surface area contributed by atoms with Crippen LogP contribution in [0, 0.1) is 10.1 Å². The maximum atomic E-state index is 14.0. The molecule has 1 fully saturated rings. The van der Waals surface area contributed by atoms with Crippen LogP contribution in [0.1, 0.15) is 56.6 Å². The van der Waals surface area contributed by atoms with Crippen LogP contribution in [0.15, 0.2) is 77.1 Å². The second-order valence-electron chi connectivity index (χ2n) is 12.0. The van der Waals surface area contributed by atoms with Gasteiger partial charge in [-0.1, -0.05) is 49.4 Å². The summed E-state index contributed by atoms with van der Waals surface area (Å²) in [6.07, 6.45) is 2.34. The standard InChI is InChI=1S/C36H47N5O8/c1-4-28-32(34(43)47-3)30(25-12-14-27(15-13-25)41(45)46)31(29(39-28)24-48-23-18-37)33(42)38-19-9-20-40-21-16-36(17-22-40,35(44)49-5-2)26-10-7-6-8-11-26/h6-8,10-15,30,39H,4-5,9,16-24,37H2,1-3H3,(H,38,42). The number of carbonyl (C=O) groups is 3. The Kier molecular flexibility index (Phi) is 13.5. The lowest BCUT2D eigenvalue weighted by Gasteiger charge is -2.40. The lowest BCUT2D eigenvalue weighted by atomic mass is 9.72. The van der Waals surface area contributed by atoms with Gasteiger partial charge in [0, 0.05) is 30.9 Å². The third-order valence-electron chi connectivity index (χ3n) is 9.12. The number of allylic oxidation sites excluding steroid dienone is 1. The number of hydrogen-bond donors (Lipinski definition) is 3. The van der Waals surface area contributed by atoms with Crippen molar-refractivity contribution in [2.45, 2.75) is 50.9 Å². The Balaban J connectivity index is 1.51. The number of nitrogens with zero attached hydrogens (tertiary/aromatic N) is 2. The molecule has 1 atom stereocenters. The molecule has 13 heteroatoms. The van der Waals surface area contributed by atoms with Crippen molar-refractivity contribution in [2.75, 3.05) is 59.7 Å². The van der Waals surface area contributed by atoms with Gasteiger partial charge >= 0.3 is 11.9 Å². The molecule has 1 amide bonds. The molecule has 0 radical (unpaired) electrons. The van der Waals surface area contributed by atoms with Crippen molar-refractivity contribution in [2.24, 2.45) is 5.73 Å². The fourth-order valence-electron chi connectivity index (χ4n) is 6.60. The van der Waals surface area contributed by atoms with Gasteiger partial charge in [0.25, 0.3) is 5.69 Å². The van der Waals surface area contributed by atoms with Crippen LogP contribution in [0.4, 0.5) is 5.69 Å². The van der Waals surface area contributed by atoms with E-state index in [9.17, 15) is 24.5 Å². The first-order chi connectivity index (χ1) is 23.7. The van der Waals surface area contributed by atoms with Gasteiger partial charge in [-0.15, -0.1) is 0 Å². The molecule has 2 aliphatic heterocycles. The average molecular weight is 678 g/mol. The normalized spacial score (nSPS) is 17.7. The van der Waals surface area contributed by atoms with E-state index < -0.39 is 28.1 Å². The Bertz CT molecular complexity index is 1530. The summed E-state index contributed by atoms with van der Waals surface area (Å²) in [6, 6.07) is 15.6. The number of methoxy groups -OCH3 is 1. The minimum atomic E-state index is -0.864. The molecule has 2 aromatic carbocycles. The average Bonchev–Trinajstić information content (AvgIpc) is 3.13. The van der Waals surface area contributed by atoms with E-state index in [-0.39, 0.29) is 42.6 Å². The quantitative estimate of drug-likeness (QED) is 0.103. The minimum absolute atomic E-state index is 0.0405. The zero-order chi connectivity index (χ0) is 35.4. The highest BCUT2D eigenvalue weighted by Gasteiger charge is 2.44. The molecule has 0 aliphatic carbocycles. The molecule has 4 N–H and O–H groups in total. The highest BCUT2D eigenvalue weighted by molar-refractivity contribution is 6.02. The molecule has 4 rings (SSSR count). The Morgan fingerprint density at radius 3 is 2.33 bits per heavy atom. The summed E-state index contributed by atoms with van der Waals surface area (Å²) in [5.41, 5.74) is 7.92. The lowest BCUT2D eigenvalue weighted by molar-refractivity contribution is -0.384. The Hall–Kier alpha value is -4.59. The van der Waals surface area contributed by atoms with Gasteiger partial charge in [-0.25, -0.2) is 4.79 Å². The lowest BCUT2D eigenvalue weighted by Crippen LogP contribution is -2.48. The van der Waals surface area contributed by atoms with Crippen molar-refractivity contribution in [3.63, 3.8) is 0 Å². The highest BCUT2D eigenvalue weighted by atomic mass is 16.6. The van der Waals surface area contributed by atoms with Crippen LogP contribution in [0.2, 0.25) is 0 Å². The second-order valence-corrected chi connectivity index (χ2v) is 12.0. The van der Waals surface area contributed by atoms with E-state index in [1.807, 2.05) is 44.2 Å². The van der Waals surface area contributed by atoms with Gasteiger partial charge in [-0.3, -0.25) is 19.7 Å². The van der Waals surface area contributed by atoms with Crippen molar-refractivity contribution in [1.29, 1.82) is 0 Å². The number of amides is 1. The van der Waals surface area contributed by atoms with Crippen LogP contribution < -0.4 is 16.4 Å². The number of nitro benzene ring substituents is 1. The first-order valence-corrected chi connectivity index (χ1v) is 16.8. The van der Waals surface area contributed by atoms with Crippen molar-refractivity contribution in [1.82, 2.24) is 15.5 Å². The van der Waals surface area contributed by atoms with Crippen molar-refractivity contribution >= 4 is 23.5 Å². The molecule has 0 aromatic heterocycles. The maximum absolute atomic E-state index is 14.0. The molecular weight excluding hydrogens is 630 g/mol. The van der Waals surface area contributed by atoms with Crippen molar-refractivity contribution in [3.8, 4) is 0 Å². The van der Waals surface area contributed by atoms with Crippen molar-refractivity contribution in [3.05, 3.63) is 98.4 Å². The summed E-state index contributed by atoms with van der Waals surface area (Å²) in [5, 5.41) is 17.7. The molecule has 0 spiro atoms. The van der Waals surface area contributed by atoms with Crippen molar-refractivity contribution < 1.29 is 33.5 Å². The van der Waals surface area contributed by atoms with Crippen LogP contribution in [-0.4, -0.2) is 87.3 Å². The number of non-ortho nitro benzene ring substituents is 1. The Morgan fingerprint density at radius 1 is 1.04 bits per heavy atom. The number of rotatable bonds is 16. The second kappa shape index (κ2) is 17.7. The number of ether oxygens (including phenoxy) is 3. The van der Waals surface area contributed by atoms with E-state index in [1.165, 1.54) is 19.2 Å². The summed E-state index contributed by atoms with van der Waals surface area (Å²) in [4.78, 5) is 53.6. The van der Waals surface area contributed by atoms with E-state index in [4.69, 9.17) is 19.9 Å². The summed E-state index contributed by atoms with van der Waals surface area (Å²) in [5.74, 6) is -2.07. The van der Waals surface area contributed by atoms with Gasteiger partial charge in [0.1, 0.15) is 0 Å². The van der Waals surface area contributed by atoms with Crippen LogP contribution in [0.5, 0.6) is 0 Å². The molecule has 1 unspecified atom stereocenters. The van der Waals surface area contributed by atoms with Gasteiger partial charge in [0.2, 0.25) is 5.91 Å². The van der Waals surface area contributed by atoms with E-state index in [0.29, 0.717) is 75.4 Å². The molecule has 264 valence electrons. The number of dihydropyridines is 1. The topological polar surface area (TPSA) is 175 Å². The highest BCUT2D eigenvalue weighted by Crippen LogP contribution is 2.40. The number of likely N-dealkylation sites (tertiary alicyclic amines) is 1. The van der Waals surface area contributed by atoms with Gasteiger partial charge in [-0.2, -0.15) is 0 Å². The first kappa shape index (κ1) is 37.2. The predicted octanol–water partition coefficient (Wildman–Crippen LogP) is 3.45. The number of nitrogens with one attached hydrogen (secondary N) is 2. The van der Waals surface area contributed by atoms with E-state index >= 15 is 0 Å². The Morgan fingerprint density at radius 2 is 1.73 bits per heavy atom. The van der Waals surface area contributed by atoms with E-state index in [1.54, 1.807) is 12.1 Å². The fraction of sp³-hybridized carbons (Fsp3) is 0.472. The number of piperidine rings is 1. The van der Waals surface area contributed by atoms with Gasteiger partial charge < -0.3 is 35.5 Å². The molecule has 2 heterocycles. The van der Waals surface area contributed by atoms with Gasteiger partial charge in [-0.05, 0) is 63.4 Å². The molecule has 1 saturated heterocycles. The van der Waals surface area contributed by atoms with Crippen LogP contribution in [0.3, 0.4) is 0 Å². The third kappa shape index (κ3) is 8.72. The molecule has 13 nitrogen and oxygen atoms in total. The summed E-state index contributed by atoms with van der Waals surface area (Å²) in [6.45, 7) is 7.06. The molecule has 2 aliphatic rings. The van der Waals surface area contributed by atoms with Crippen LogP contribution >= 0.6 is 0 Å². The monoisotopic (exact) mass is 677 g/mol. The predicted molar refractivity (Wildman–Crippen MR) is 183 cm³/mol. The minimum Gasteiger partial charge on any atom is -0.466 e. The molecule has 49 heavy (non-hydrogen) atoms. The van der Waals surface area contributed by atoms with Gasteiger partial charge in [0.15, 0.2) is 0 Å². The number of carbonyl (C=O) groups excluding carboxylic acids is 3. The summed E-state index contributed by atoms with van der Waals surface area (Å²) < 4.78 is 16.4. The zero-order valence-electron chi connectivity index (χ0n) is 28.5. The fourth-order valence-corrected chi connectivity index (χ4v) is 6.60. The number of benzene rings is 2.